The minimum absolute atomic E-state index is 0.555. The molecule has 3 heteroatoms. The van der Waals surface area contributed by atoms with Gasteiger partial charge in [-0.3, -0.25) is 0 Å². The second kappa shape index (κ2) is 5.44. The molecule has 0 aliphatic rings. The molecule has 0 amide bonds. The summed E-state index contributed by atoms with van der Waals surface area (Å²) in [4.78, 5) is 4.27. The van der Waals surface area contributed by atoms with E-state index in [-0.39, 0.29) is 0 Å². The summed E-state index contributed by atoms with van der Waals surface area (Å²) in [6, 6.07) is 3.95. The van der Waals surface area contributed by atoms with Crippen LogP contribution < -0.4 is 0 Å². The monoisotopic (exact) mass is 201 g/mol. The predicted molar refractivity (Wildman–Crippen MR) is 54.8 cm³/mol. The number of hydrogen-bond donors (Lipinski definition) is 0. The van der Waals surface area contributed by atoms with E-state index in [0.29, 0.717) is 5.88 Å². The molecule has 1 nitrogen and oxygen atoms in total. The number of nitrogens with zero attached hydrogens (tertiary/aromatic N) is 1. The maximum atomic E-state index is 5.76. The van der Waals surface area contributed by atoms with E-state index in [4.69, 9.17) is 11.6 Å². The molecule has 1 rings (SSSR count). The number of rotatable bonds is 4. The first-order valence-corrected chi connectivity index (χ1v) is 5.53. The fourth-order valence-corrected chi connectivity index (χ4v) is 2.01. The minimum Gasteiger partial charge on any atom is -0.250 e. The molecule has 66 valence electrons. The lowest BCUT2D eigenvalue weighted by Crippen LogP contribution is -1.88. The molecule has 1 aromatic rings. The van der Waals surface area contributed by atoms with Gasteiger partial charge in [-0.1, -0.05) is 13.0 Å². The van der Waals surface area contributed by atoms with Gasteiger partial charge in [0, 0.05) is 6.20 Å². The van der Waals surface area contributed by atoms with Gasteiger partial charge in [0.2, 0.25) is 0 Å². The Balaban J connectivity index is 2.68. The predicted octanol–water partition coefficient (Wildman–Crippen LogP) is 3.32. The summed E-state index contributed by atoms with van der Waals surface area (Å²) < 4.78 is 0. The van der Waals surface area contributed by atoms with Crippen molar-refractivity contribution >= 4 is 23.4 Å². The number of thioether (sulfide) groups is 1. The summed E-state index contributed by atoms with van der Waals surface area (Å²) in [5.74, 6) is 1.67. The zero-order chi connectivity index (χ0) is 8.81. The number of hydrogen-bond acceptors (Lipinski definition) is 2. The number of halogens is 1. The van der Waals surface area contributed by atoms with Crippen molar-refractivity contribution in [3.05, 3.63) is 23.9 Å². The van der Waals surface area contributed by atoms with E-state index in [1.165, 1.54) is 6.42 Å². The van der Waals surface area contributed by atoms with Gasteiger partial charge < -0.3 is 0 Å². The van der Waals surface area contributed by atoms with Crippen molar-refractivity contribution in [1.29, 1.82) is 0 Å². The van der Waals surface area contributed by atoms with E-state index in [1.807, 2.05) is 18.3 Å². The standard InChI is InChI=1S/C9H12ClNS/c1-2-6-12-9-8(7-10)4-3-5-11-9/h3-5H,2,6-7H2,1H3. The van der Waals surface area contributed by atoms with E-state index in [9.17, 15) is 0 Å². The molecule has 0 unspecified atom stereocenters. The number of alkyl halides is 1. The summed E-state index contributed by atoms with van der Waals surface area (Å²) in [6.07, 6.45) is 2.98. The summed E-state index contributed by atoms with van der Waals surface area (Å²) in [5, 5.41) is 1.08. The van der Waals surface area contributed by atoms with Crippen LogP contribution >= 0.6 is 23.4 Å². The van der Waals surface area contributed by atoms with Crippen LogP contribution in [0.2, 0.25) is 0 Å². The third-order valence-corrected chi connectivity index (χ3v) is 2.98. The zero-order valence-corrected chi connectivity index (χ0v) is 8.66. The highest BCUT2D eigenvalue weighted by Crippen LogP contribution is 2.21. The van der Waals surface area contributed by atoms with Crippen molar-refractivity contribution in [2.45, 2.75) is 24.3 Å². The number of aromatic nitrogens is 1. The second-order valence-corrected chi connectivity index (χ2v) is 3.80. The molecule has 1 heterocycles. The third-order valence-electron chi connectivity index (χ3n) is 1.44. The van der Waals surface area contributed by atoms with Crippen LogP contribution in [0.25, 0.3) is 0 Å². The fourth-order valence-electron chi connectivity index (χ4n) is 0.855. The van der Waals surface area contributed by atoms with Gasteiger partial charge in [0.25, 0.3) is 0 Å². The molecule has 12 heavy (non-hydrogen) atoms. The SMILES string of the molecule is CCCSc1ncccc1CCl. The van der Waals surface area contributed by atoms with Crippen LogP contribution in [0.4, 0.5) is 0 Å². The molecular formula is C9H12ClNS. The summed E-state index contributed by atoms with van der Waals surface area (Å²) in [6.45, 7) is 2.16. The Bertz CT molecular complexity index is 240. The third kappa shape index (κ3) is 2.68. The Hall–Kier alpha value is -0.210. The van der Waals surface area contributed by atoms with Crippen molar-refractivity contribution in [1.82, 2.24) is 4.98 Å². The van der Waals surface area contributed by atoms with Gasteiger partial charge in [0.1, 0.15) is 5.03 Å². The van der Waals surface area contributed by atoms with Crippen molar-refractivity contribution in [3.63, 3.8) is 0 Å². The van der Waals surface area contributed by atoms with Crippen LogP contribution in [0, 0.1) is 0 Å². The Morgan fingerprint density at radius 1 is 1.58 bits per heavy atom. The van der Waals surface area contributed by atoms with Gasteiger partial charge in [-0.2, -0.15) is 0 Å². The van der Waals surface area contributed by atoms with E-state index in [2.05, 4.69) is 11.9 Å². The lowest BCUT2D eigenvalue weighted by atomic mass is 10.3. The lowest BCUT2D eigenvalue weighted by Gasteiger charge is -2.02. The van der Waals surface area contributed by atoms with Crippen molar-refractivity contribution in [3.8, 4) is 0 Å². The highest BCUT2D eigenvalue weighted by atomic mass is 35.5. The molecule has 0 aliphatic carbocycles. The number of pyridine rings is 1. The highest BCUT2D eigenvalue weighted by Gasteiger charge is 2.00. The van der Waals surface area contributed by atoms with Crippen molar-refractivity contribution in [2.24, 2.45) is 0 Å². The van der Waals surface area contributed by atoms with Crippen LogP contribution in [0.15, 0.2) is 23.4 Å². The van der Waals surface area contributed by atoms with E-state index < -0.39 is 0 Å². The smallest absolute Gasteiger partial charge is 0.100 e. The molecule has 0 N–H and O–H groups in total. The molecule has 0 saturated carbocycles. The first-order chi connectivity index (χ1) is 5.88. The maximum absolute atomic E-state index is 5.76. The van der Waals surface area contributed by atoms with Crippen LogP contribution in [-0.4, -0.2) is 10.7 Å². The molecule has 0 bridgehead atoms. The van der Waals surface area contributed by atoms with E-state index in [1.54, 1.807) is 11.8 Å². The molecule has 0 saturated heterocycles. The Morgan fingerprint density at radius 3 is 3.08 bits per heavy atom. The molecule has 0 atom stereocenters. The first kappa shape index (κ1) is 9.87. The molecule has 0 aromatic carbocycles. The zero-order valence-electron chi connectivity index (χ0n) is 7.09. The van der Waals surface area contributed by atoms with Crippen LogP contribution in [0.3, 0.4) is 0 Å². The summed E-state index contributed by atoms with van der Waals surface area (Å²) in [5.41, 5.74) is 1.14. The minimum atomic E-state index is 0.555. The van der Waals surface area contributed by atoms with E-state index >= 15 is 0 Å². The quantitative estimate of drug-likeness (QED) is 0.548. The first-order valence-electron chi connectivity index (χ1n) is 4.01. The molecule has 0 aliphatic heterocycles. The van der Waals surface area contributed by atoms with Gasteiger partial charge in [0.05, 0.1) is 5.88 Å². The normalized spacial score (nSPS) is 10.2. The highest BCUT2D eigenvalue weighted by molar-refractivity contribution is 7.99. The Morgan fingerprint density at radius 2 is 2.42 bits per heavy atom. The van der Waals surface area contributed by atoms with Crippen LogP contribution in [0.1, 0.15) is 18.9 Å². The summed E-state index contributed by atoms with van der Waals surface area (Å²) >= 11 is 7.53. The molecule has 0 radical (unpaired) electrons. The van der Waals surface area contributed by atoms with Crippen molar-refractivity contribution in [2.75, 3.05) is 5.75 Å². The van der Waals surface area contributed by atoms with Gasteiger partial charge in [-0.25, -0.2) is 4.98 Å². The van der Waals surface area contributed by atoms with Gasteiger partial charge in [0.15, 0.2) is 0 Å². The largest absolute Gasteiger partial charge is 0.250 e. The summed E-state index contributed by atoms with van der Waals surface area (Å²) in [7, 11) is 0. The Kier molecular flexibility index (Phi) is 4.48. The Labute approximate surface area is 82.5 Å². The van der Waals surface area contributed by atoms with Crippen LogP contribution in [0.5, 0.6) is 0 Å². The van der Waals surface area contributed by atoms with Gasteiger partial charge >= 0.3 is 0 Å². The molecule has 1 aromatic heterocycles. The maximum Gasteiger partial charge on any atom is 0.100 e. The van der Waals surface area contributed by atoms with Crippen molar-refractivity contribution < 1.29 is 0 Å². The topological polar surface area (TPSA) is 12.9 Å². The molecular weight excluding hydrogens is 190 g/mol. The van der Waals surface area contributed by atoms with Crippen LogP contribution in [-0.2, 0) is 5.88 Å². The fraction of sp³-hybridized carbons (Fsp3) is 0.444. The van der Waals surface area contributed by atoms with Gasteiger partial charge in [-0.05, 0) is 23.8 Å². The lowest BCUT2D eigenvalue weighted by molar-refractivity contribution is 1.05. The average molecular weight is 202 g/mol. The molecule has 0 fully saturated rings. The molecule has 0 spiro atoms. The second-order valence-electron chi connectivity index (χ2n) is 2.45. The average Bonchev–Trinajstić information content (AvgIpc) is 2.15. The van der Waals surface area contributed by atoms with Gasteiger partial charge in [-0.15, -0.1) is 23.4 Å². The van der Waals surface area contributed by atoms with E-state index in [0.717, 1.165) is 16.3 Å².